The second-order valence-electron chi connectivity index (χ2n) is 7.82. The Labute approximate surface area is 184 Å². The number of likely N-dealkylation sites (N-methyl/N-ethyl adjacent to an activating group) is 1. The number of hydrogen-bond acceptors (Lipinski definition) is 6. The van der Waals surface area contributed by atoms with Gasteiger partial charge in [-0.2, -0.15) is 5.10 Å². The number of amides is 1. The molecule has 166 valence electrons. The van der Waals surface area contributed by atoms with Crippen LogP contribution < -0.4 is 14.2 Å². The summed E-state index contributed by atoms with van der Waals surface area (Å²) < 4.78 is 16.5. The Morgan fingerprint density at radius 1 is 1.10 bits per heavy atom. The lowest BCUT2D eigenvalue weighted by Crippen LogP contribution is -2.39. The Morgan fingerprint density at radius 3 is 2.45 bits per heavy atom. The van der Waals surface area contributed by atoms with Crippen LogP contribution in [-0.4, -0.2) is 62.5 Å². The smallest absolute Gasteiger partial charge is 0.257 e. The van der Waals surface area contributed by atoms with E-state index < -0.39 is 0 Å². The summed E-state index contributed by atoms with van der Waals surface area (Å²) in [5.74, 6) is 2.02. The molecule has 0 saturated carbocycles. The highest BCUT2D eigenvalue weighted by Gasteiger charge is 2.36. The van der Waals surface area contributed by atoms with Crippen molar-refractivity contribution in [1.82, 2.24) is 9.91 Å². The van der Waals surface area contributed by atoms with Crippen molar-refractivity contribution in [3.8, 4) is 17.2 Å². The molecule has 0 fully saturated rings. The van der Waals surface area contributed by atoms with Gasteiger partial charge < -0.3 is 14.2 Å². The van der Waals surface area contributed by atoms with Crippen molar-refractivity contribution in [3.63, 3.8) is 0 Å². The summed E-state index contributed by atoms with van der Waals surface area (Å²) >= 11 is 0. The molecule has 2 aromatic carbocycles. The maximum Gasteiger partial charge on any atom is 0.257 e. The van der Waals surface area contributed by atoms with Crippen molar-refractivity contribution in [2.45, 2.75) is 32.4 Å². The molecule has 1 heterocycles. The van der Waals surface area contributed by atoms with Gasteiger partial charge in [-0.15, -0.1) is 0 Å². The van der Waals surface area contributed by atoms with Gasteiger partial charge in [0.25, 0.3) is 5.91 Å². The number of hydrogen-bond donors (Lipinski definition) is 0. The molecule has 1 amide bonds. The molecule has 0 aromatic heterocycles. The zero-order valence-corrected chi connectivity index (χ0v) is 19.1. The number of carbonyl (C=O) groups is 1. The summed E-state index contributed by atoms with van der Waals surface area (Å²) in [6.07, 6.45) is 0.556. The number of carbonyl (C=O) groups excluding carboxylic acids is 1. The standard InChI is InChI=1S/C24H31N3O4/c1-16(2)26(3)15-24(28)27-21(19-12-11-17(29-4)13-23(19)31-6)14-20(25-27)18-9-7-8-10-22(18)30-5/h7-13,16,21H,14-15H2,1-6H3. The van der Waals surface area contributed by atoms with E-state index >= 15 is 0 Å². The molecule has 0 bridgehead atoms. The molecule has 3 rings (SSSR count). The first-order valence-electron chi connectivity index (χ1n) is 10.3. The van der Waals surface area contributed by atoms with Crippen molar-refractivity contribution >= 4 is 11.6 Å². The zero-order valence-electron chi connectivity index (χ0n) is 19.1. The summed E-state index contributed by atoms with van der Waals surface area (Å²) in [6.45, 7) is 4.39. The molecule has 2 aromatic rings. The molecule has 0 saturated heterocycles. The summed E-state index contributed by atoms with van der Waals surface area (Å²) in [6, 6.07) is 13.3. The highest BCUT2D eigenvalue weighted by atomic mass is 16.5. The van der Waals surface area contributed by atoms with Crippen molar-refractivity contribution < 1.29 is 19.0 Å². The summed E-state index contributed by atoms with van der Waals surface area (Å²) in [4.78, 5) is 15.3. The molecule has 1 aliphatic rings. The first-order valence-corrected chi connectivity index (χ1v) is 10.3. The number of ether oxygens (including phenoxy) is 3. The van der Waals surface area contributed by atoms with Gasteiger partial charge in [0.1, 0.15) is 17.2 Å². The second kappa shape index (κ2) is 9.83. The van der Waals surface area contributed by atoms with Gasteiger partial charge in [0.15, 0.2) is 0 Å². The molecule has 7 nitrogen and oxygen atoms in total. The first-order chi connectivity index (χ1) is 14.9. The van der Waals surface area contributed by atoms with E-state index in [4.69, 9.17) is 19.3 Å². The third kappa shape index (κ3) is 4.82. The monoisotopic (exact) mass is 425 g/mol. The lowest BCUT2D eigenvalue weighted by atomic mass is 9.97. The fourth-order valence-corrected chi connectivity index (χ4v) is 3.59. The average Bonchev–Trinajstić information content (AvgIpc) is 3.23. The second-order valence-corrected chi connectivity index (χ2v) is 7.82. The third-order valence-electron chi connectivity index (χ3n) is 5.65. The fraction of sp³-hybridized carbons (Fsp3) is 0.417. The van der Waals surface area contributed by atoms with Crippen LogP contribution in [0.15, 0.2) is 47.6 Å². The average molecular weight is 426 g/mol. The number of para-hydroxylation sites is 1. The number of rotatable bonds is 8. The SMILES string of the molecule is COc1ccc(C2CC(c3ccccc3OC)=NN2C(=O)CN(C)C(C)C)c(OC)c1. The van der Waals surface area contributed by atoms with Crippen LogP contribution in [0.1, 0.15) is 37.4 Å². The Balaban J connectivity index is 2.02. The minimum Gasteiger partial charge on any atom is -0.497 e. The predicted octanol–water partition coefficient (Wildman–Crippen LogP) is 3.73. The van der Waals surface area contributed by atoms with Gasteiger partial charge >= 0.3 is 0 Å². The topological polar surface area (TPSA) is 63.6 Å². The molecule has 1 unspecified atom stereocenters. The maximum atomic E-state index is 13.3. The van der Waals surface area contributed by atoms with E-state index in [0.717, 1.165) is 22.6 Å². The van der Waals surface area contributed by atoms with E-state index in [9.17, 15) is 4.79 Å². The molecule has 1 atom stereocenters. The zero-order chi connectivity index (χ0) is 22.5. The van der Waals surface area contributed by atoms with Crippen molar-refractivity contribution in [2.75, 3.05) is 34.9 Å². The largest absolute Gasteiger partial charge is 0.497 e. The Hall–Kier alpha value is -3.06. The molecule has 0 aliphatic carbocycles. The van der Waals surface area contributed by atoms with Gasteiger partial charge in [-0.25, -0.2) is 5.01 Å². The maximum absolute atomic E-state index is 13.3. The minimum absolute atomic E-state index is 0.0658. The molecular weight excluding hydrogens is 394 g/mol. The van der Waals surface area contributed by atoms with E-state index in [1.165, 1.54) is 0 Å². The highest BCUT2D eigenvalue weighted by Crippen LogP contribution is 2.40. The molecule has 0 N–H and O–H groups in total. The van der Waals surface area contributed by atoms with E-state index in [2.05, 4.69) is 13.8 Å². The Kier molecular flexibility index (Phi) is 7.17. The lowest BCUT2D eigenvalue weighted by Gasteiger charge is -2.27. The van der Waals surface area contributed by atoms with Crippen LogP contribution in [0.5, 0.6) is 17.2 Å². The molecule has 7 heteroatoms. The Bertz CT molecular complexity index is 958. The number of methoxy groups -OCH3 is 3. The van der Waals surface area contributed by atoms with Crippen LogP contribution >= 0.6 is 0 Å². The van der Waals surface area contributed by atoms with Crippen LogP contribution in [0.2, 0.25) is 0 Å². The summed E-state index contributed by atoms with van der Waals surface area (Å²) in [5.41, 5.74) is 2.58. The molecule has 0 radical (unpaired) electrons. The summed E-state index contributed by atoms with van der Waals surface area (Å²) in [7, 11) is 6.81. The quantitative estimate of drug-likeness (QED) is 0.645. The molecule has 0 spiro atoms. The van der Waals surface area contributed by atoms with E-state index in [1.807, 2.05) is 54.4 Å². The predicted molar refractivity (Wildman–Crippen MR) is 121 cm³/mol. The van der Waals surface area contributed by atoms with Gasteiger partial charge in [-0.1, -0.05) is 12.1 Å². The Morgan fingerprint density at radius 2 is 1.81 bits per heavy atom. The van der Waals surface area contributed by atoms with Gasteiger partial charge in [0, 0.05) is 29.7 Å². The van der Waals surface area contributed by atoms with E-state index in [1.54, 1.807) is 26.3 Å². The molecule has 31 heavy (non-hydrogen) atoms. The van der Waals surface area contributed by atoms with Crippen molar-refractivity contribution in [2.24, 2.45) is 5.10 Å². The lowest BCUT2D eigenvalue weighted by molar-refractivity contribution is -0.134. The summed E-state index contributed by atoms with van der Waals surface area (Å²) in [5, 5.41) is 6.35. The van der Waals surface area contributed by atoms with Gasteiger partial charge in [0.05, 0.1) is 39.6 Å². The van der Waals surface area contributed by atoms with Gasteiger partial charge in [-0.3, -0.25) is 9.69 Å². The normalized spacial score (nSPS) is 15.9. The third-order valence-corrected chi connectivity index (χ3v) is 5.65. The highest BCUT2D eigenvalue weighted by molar-refractivity contribution is 6.05. The molecule has 1 aliphatic heterocycles. The van der Waals surface area contributed by atoms with Crippen LogP contribution in [-0.2, 0) is 4.79 Å². The van der Waals surface area contributed by atoms with Crippen LogP contribution in [0.25, 0.3) is 0 Å². The van der Waals surface area contributed by atoms with Gasteiger partial charge in [0.2, 0.25) is 0 Å². The number of hydrazone groups is 1. The van der Waals surface area contributed by atoms with Crippen LogP contribution in [0.3, 0.4) is 0 Å². The van der Waals surface area contributed by atoms with E-state index in [-0.39, 0.29) is 24.5 Å². The molecular formula is C24H31N3O4. The number of benzene rings is 2. The number of nitrogens with zero attached hydrogens (tertiary/aromatic N) is 3. The fourth-order valence-electron chi connectivity index (χ4n) is 3.59. The van der Waals surface area contributed by atoms with E-state index in [0.29, 0.717) is 17.9 Å². The van der Waals surface area contributed by atoms with Crippen LogP contribution in [0, 0.1) is 0 Å². The van der Waals surface area contributed by atoms with Gasteiger partial charge in [-0.05, 0) is 45.2 Å². The minimum atomic E-state index is -0.283. The van der Waals surface area contributed by atoms with Crippen molar-refractivity contribution in [3.05, 3.63) is 53.6 Å². The van der Waals surface area contributed by atoms with Crippen LogP contribution in [0.4, 0.5) is 0 Å². The van der Waals surface area contributed by atoms with Crippen molar-refractivity contribution in [1.29, 1.82) is 0 Å². The first kappa shape index (κ1) is 22.6.